The molecule has 2 heterocycles. The lowest BCUT2D eigenvalue weighted by Gasteiger charge is -2.11. The molecule has 0 radical (unpaired) electrons. The van der Waals surface area contributed by atoms with Gasteiger partial charge in [-0.3, -0.25) is 4.79 Å². The van der Waals surface area contributed by atoms with Crippen molar-refractivity contribution < 1.29 is 9.53 Å². The molecular formula is C23H24N6O2S2. The zero-order valence-corrected chi connectivity index (χ0v) is 20.1. The average Bonchev–Trinajstić information content (AvgIpc) is 3.41. The number of nitrogens with zero attached hydrogens (tertiary/aromatic N) is 4. The van der Waals surface area contributed by atoms with E-state index in [2.05, 4.69) is 26.6 Å². The zero-order valence-electron chi connectivity index (χ0n) is 18.5. The average molecular weight is 481 g/mol. The van der Waals surface area contributed by atoms with Crippen molar-refractivity contribution in [3.8, 4) is 17.0 Å². The van der Waals surface area contributed by atoms with Gasteiger partial charge in [0.1, 0.15) is 12.4 Å². The predicted molar refractivity (Wildman–Crippen MR) is 132 cm³/mol. The van der Waals surface area contributed by atoms with Crippen molar-refractivity contribution in [3.63, 3.8) is 0 Å². The van der Waals surface area contributed by atoms with Gasteiger partial charge < -0.3 is 15.9 Å². The summed E-state index contributed by atoms with van der Waals surface area (Å²) in [6.45, 7) is 5.98. The molecule has 33 heavy (non-hydrogen) atoms. The molecule has 0 aliphatic carbocycles. The van der Waals surface area contributed by atoms with Crippen LogP contribution >= 0.6 is 23.1 Å². The van der Waals surface area contributed by atoms with Gasteiger partial charge in [0.15, 0.2) is 11.0 Å². The number of thiazole rings is 1. The molecule has 2 aromatic heterocycles. The number of aromatic nitrogens is 4. The first-order chi connectivity index (χ1) is 15.9. The number of hydrogen-bond acceptors (Lipinski definition) is 8. The molecule has 0 aliphatic rings. The zero-order chi connectivity index (χ0) is 23.4. The van der Waals surface area contributed by atoms with Crippen LogP contribution in [0.1, 0.15) is 23.9 Å². The second-order valence-corrected chi connectivity index (χ2v) is 9.65. The summed E-state index contributed by atoms with van der Waals surface area (Å²) < 4.78 is 7.20. The van der Waals surface area contributed by atoms with Crippen LogP contribution in [0.3, 0.4) is 0 Å². The Hall–Kier alpha value is -3.37. The van der Waals surface area contributed by atoms with Gasteiger partial charge in [-0.05, 0) is 32.4 Å². The van der Waals surface area contributed by atoms with Crippen molar-refractivity contribution >= 4 is 34.1 Å². The van der Waals surface area contributed by atoms with E-state index in [4.69, 9.17) is 10.6 Å². The maximum atomic E-state index is 12.7. The van der Waals surface area contributed by atoms with Crippen LogP contribution in [-0.2, 0) is 11.4 Å². The van der Waals surface area contributed by atoms with Crippen molar-refractivity contribution in [1.29, 1.82) is 0 Å². The molecule has 0 spiro atoms. The lowest BCUT2D eigenvalue weighted by molar-refractivity contribution is -0.115. The highest BCUT2D eigenvalue weighted by Gasteiger charge is 2.21. The summed E-state index contributed by atoms with van der Waals surface area (Å²) in [4.78, 5) is 17.2. The normalized spacial score (nSPS) is 11.8. The number of carbonyl (C=O) groups excluding carboxylic acids is 1. The number of anilines is 1. The molecule has 0 bridgehead atoms. The number of ether oxygens (including phenoxy) is 1. The van der Waals surface area contributed by atoms with Gasteiger partial charge in [-0.25, -0.2) is 9.66 Å². The Labute approximate surface area is 200 Å². The van der Waals surface area contributed by atoms with E-state index < -0.39 is 5.25 Å². The smallest absolute Gasteiger partial charge is 0.239 e. The maximum absolute atomic E-state index is 12.7. The highest BCUT2D eigenvalue weighted by Crippen LogP contribution is 2.27. The first-order valence-electron chi connectivity index (χ1n) is 10.3. The first kappa shape index (κ1) is 22.8. The van der Waals surface area contributed by atoms with Crippen LogP contribution in [0.15, 0.2) is 59.1 Å². The molecule has 4 rings (SSSR count). The topological polar surface area (TPSA) is 108 Å². The molecule has 1 amide bonds. The molecule has 0 saturated heterocycles. The highest BCUT2D eigenvalue weighted by molar-refractivity contribution is 8.00. The lowest BCUT2D eigenvalue weighted by Crippen LogP contribution is -2.24. The SMILES string of the molecule is Cc1ccc(OCc2nnc(S[C@@H](C)C(=O)Nc3nc(-c4ccccc4)cs3)n2N)c(C)c1. The largest absolute Gasteiger partial charge is 0.485 e. The van der Waals surface area contributed by atoms with Crippen LogP contribution in [-0.4, -0.2) is 31.0 Å². The summed E-state index contributed by atoms with van der Waals surface area (Å²) in [7, 11) is 0. The summed E-state index contributed by atoms with van der Waals surface area (Å²) in [5.41, 5.74) is 4.03. The summed E-state index contributed by atoms with van der Waals surface area (Å²) in [5.74, 6) is 7.19. The number of rotatable bonds is 8. The molecule has 0 fully saturated rings. The van der Waals surface area contributed by atoms with Crippen LogP contribution in [0, 0.1) is 13.8 Å². The Morgan fingerprint density at radius 3 is 2.76 bits per heavy atom. The molecule has 10 heteroatoms. The third kappa shape index (κ3) is 5.52. The van der Waals surface area contributed by atoms with Crippen molar-refractivity contribution in [3.05, 3.63) is 70.9 Å². The van der Waals surface area contributed by atoms with Crippen LogP contribution in [0.25, 0.3) is 11.3 Å². The molecule has 170 valence electrons. The van der Waals surface area contributed by atoms with E-state index in [-0.39, 0.29) is 12.5 Å². The number of aryl methyl sites for hydroxylation is 2. The van der Waals surface area contributed by atoms with Gasteiger partial charge in [-0.2, -0.15) is 0 Å². The number of benzene rings is 2. The van der Waals surface area contributed by atoms with E-state index in [1.54, 1.807) is 6.92 Å². The number of amides is 1. The minimum Gasteiger partial charge on any atom is -0.485 e. The first-order valence-corrected chi connectivity index (χ1v) is 12.0. The molecule has 8 nitrogen and oxygen atoms in total. The van der Waals surface area contributed by atoms with E-state index >= 15 is 0 Å². The molecule has 4 aromatic rings. The molecule has 1 atom stereocenters. The Balaban J connectivity index is 1.34. The summed E-state index contributed by atoms with van der Waals surface area (Å²) in [5, 5.41) is 13.5. The summed E-state index contributed by atoms with van der Waals surface area (Å²) in [6.07, 6.45) is 0. The second kappa shape index (κ2) is 10.1. The molecular weight excluding hydrogens is 456 g/mol. The Bertz CT molecular complexity index is 1260. The number of hydrogen-bond donors (Lipinski definition) is 2. The quantitative estimate of drug-likeness (QED) is 0.284. The monoisotopic (exact) mass is 480 g/mol. The minimum absolute atomic E-state index is 0.177. The third-order valence-corrected chi connectivity index (χ3v) is 6.69. The second-order valence-electron chi connectivity index (χ2n) is 7.48. The van der Waals surface area contributed by atoms with Gasteiger partial charge in [-0.1, -0.05) is 59.8 Å². The van der Waals surface area contributed by atoms with Crippen molar-refractivity contribution in [2.45, 2.75) is 37.8 Å². The Kier molecular flexibility index (Phi) is 6.95. The van der Waals surface area contributed by atoms with Crippen molar-refractivity contribution in [2.75, 3.05) is 11.2 Å². The molecule has 0 unspecified atom stereocenters. The predicted octanol–water partition coefficient (Wildman–Crippen LogP) is 4.43. The van der Waals surface area contributed by atoms with E-state index in [9.17, 15) is 4.79 Å². The fourth-order valence-electron chi connectivity index (χ4n) is 3.08. The van der Waals surface area contributed by atoms with Crippen LogP contribution < -0.4 is 15.9 Å². The molecule has 2 aromatic carbocycles. The summed E-state index contributed by atoms with van der Waals surface area (Å²) in [6, 6.07) is 15.8. The van der Waals surface area contributed by atoms with Crippen molar-refractivity contribution in [1.82, 2.24) is 19.9 Å². The maximum Gasteiger partial charge on any atom is 0.239 e. The van der Waals surface area contributed by atoms with Crippen molar-refractivity contribution in [2.24, 2.45) is 0 Å². The van der Waals surface area contributed by atoms with Gasteiger partial charge in [0.2, 0.25) is 11.1 Å². The number of nitrogen functional groups attached to an aromatic ring is 1. The molecule has 0 aliphatic heterocycles. The van der Waals surface area contributed by atoms with Gasteiger partial charge in [0, 0.05) is 10.9 Å². The Morgan fingerprint density at radius 2 is 2.00 bits per heavy atom. The van der Waals surface area contributed by atoms with Crippen LogP contribution in [0.4, 0.5) is 5.13 Å². The van der Waals surface area contributed by atoms with Gasteiger partial charge in [0.05, 0.1) is 10.9 Å². The summed E-state index contributed by atoms with van der Waals surface area (Å²) >= 11 is 2.61. The fraction of sp³-hybridized carbons (Fsp3) is 0.217. The van der Waals surface area contributed by atoms with Gasteiger partial charge in [-0.15, -0.1) is 21.5 Å². The Morgan fingerprint density at radius 1 is 1.21 bits per heavy atom. The van der Waals surface area contributed by atoms with E-state index in [0.717, 1.165) is 22.6 Å². The van der Waals surface area contributed by atoms with Gasteiger partial charge in [0.25, 0.3) is 0 Å². The number of thioether (sulfide) groups is 1. The van der Waals surface area contributed by atoms with E-state index in [1.165, 1.54) is 33.3 Å². The minimum atomic E-state index is -0.450. The van der Waals surface area contributed by atoms with Crippen LogP contribution in [0.2, 0.25) is 0 Å². The van der Waals surface area contributed by atoms with E-state index in [0.29, 0.717) is 16.1 Å². The van der Waals surface area contributed by atoms with Crippen LogP contribution in [0.5, 0.6) is 5.75 Å². The highest BCUT2D eigenvalue weighted by atomic mass is 32.2. The lowest BCUT2D eigenvalue weighted by atomic mass is 10.1. The van der Waals surface area contributed by atoms with E-state index in [1.807, 2.05) is 61.7 Å². The molecule has 0 saturated carbocycles. The number of nitrogens with two attached hydrogens (primary N) is 1. The van der Waals surface area contributed by atoms with Gasteiger partial charge >= 0.3 is 0 Å². The fourth-order valence-corrected chi connectivity index (χ4v) is 4.59. The molecule has 3 N–H and O–H groups in total. The third-order valence-electron chi connectivity index (χ3n) is 4.88. The number of nitrogens with one attached hydrogen (secondary N) is 1. The number of carbonyl (C=O) groups is 1. The standard InChI is InChI=1S/C23H24N6O2S2/c1-14-9-10-19(15(2)11-14)31-12-20-27-28-23(29(20)24)33-16(3)21(30)26-22-25-18(13-32-22)17-7-5-4-6-8-17/h4-11,13,16H,12,24H2,1-3H3,(H,25,26,30)/t16-/m0/s1.